The van der Waals surface area contributed by atoms with Crippen molar-refractivity contribution in [3.63, 3.8) is 0 Å². The van der Waals surface area contributed by atoms with Crippen LogP contribution >= 0.6 is 0 Å². The molecule has 0 spiro atoms. The summed E-state index contributed by atoms with van der Waals surface area (Å²) < 4.78 is 21.6. The number of rotatable bonds is 15. The Morgan fingerprint density at radius 3 is 0.782 bits per heavy atom. The van der Waals surface area contributed by atoms with E-state index in [2.05, 4.69) is 465 Å². The first-order valence-corrected chi connectivity index (χ1v) is 48.6. The minimum atomic E-state index is 0. The fourth-order valence-electron chi connectivity index (χ4n) is 19.1. The van der Waals surface area contributed by atoms with Gasteiger partial charge in [-0.15, -0.1) is 62.4 Å². The molecule has 16 aromatic carbocycles. The van der Waals surface area contributed by atoms with E-state index in [0.717, 1.165) is 129 Å². The molecule has 0 saturated heterocycles. The van der Waals surface area contributed by atoms with Gasteiger partial charge in [-0.2, -0.15) is 0 Å². The first-order valence-electron chi connectivity index (χ1n) is 48.6. The van der Waals surface area contributed by atoms with Crippen LogP contribution in [0.2, 0.25) is 0 Å². The van der Waals surface area contributed by atoms with Crippen LogP contribution in [0.4, 0.5) is 17.1 Å². The molecule has 0 N–H and O–H groups in total. The van der Waals surface area contributed by atoms with E-state index >= 15 is 0 Å². The van der Waals surface area contributed by atoms with Gasteiger partial charge in [-0.1, -0.05) is 269 Å². The maximum absolute atomic E-state index is 7.62. The molecule has 0 aliphatic rings. The SMILES string of the molecule is CC(C)(C)c1ccc2c(c1)c1cc(C(C)(C)C)ccc1n2-c1ccc(-n2c(-c3[c-]c(-c4nc5ccccc5n4-c4ccc(-n5c6ccc(C(C)(C)C)cc6c6cc(C(C)(C)C)ccc65)cc4)ccc3)nc3ccccc32)cc1.[C-]#Cc1ccc(N(c2ccc(-c3ccc(-c4nnc(-c5ccc(C(C)(C)C)cc5)o4)cc3)cc2)c2ccc(-c3ccc(-c4nnc(-c5ccc(C(C)(C)C)cc5)o4)cc3)cc2)cc1.[Pt+2]. The van der Waals surface area contributed by atoms with E-state index in [-0.39, 0.29) is 53.6 Å². The van der Waals surface area contributed by atoms with Gasteiger partial charge in [-0.25, -0.2) is 0 Å². The van der Waals surface area contributed by atoms with Crippen LogP contribution in [0.3, 0.4) is 0 Å². The zero-order valence-electron chi connectivity index (χ0n) is 83.6. The second kappa shape index (κ2) is 36.6. The van der Waals surface area contributed by atoms with Gasteiger partial charge in [0.2, 0.25) is 23.6 Å². The molecule has 0 radical (unpaired) electrons. The number of fused-ring (bicyclic) bond motifs is 8. The summed E-state index contributed by atoms with van der Waals surface area (Å²) in [4.78, 5) is 12.9. The summed E-state index contributed by atoms with van der Waals surface area (Å²) in [5, 5.41) is 22.5. The second-order valence-corrected chi connectivity index (χ2v) is 43.4. The van der Waals surface area contributed by atoms with Crippen LogP contribution in [0, 0.1) is 18.4 Å². The third kappa shape index (κ3) is 18.2. The van der Waals surface area contributed by atoms with Crippen molar-refractivity contribution in [2.24, 2.45) is 0 Å². The maximum atomic E-state index is 7.62. The molecular formula is C128H113N11O2Pt. The van der Waals surface area contributed by atoms with Gasteiger partial charge in [0.05, 0.1) is 55.8 Å². The van der Waals surface area contributed by atoms with Crippen molar-refractivity contribution in [3.8, 4) is 120 Å². The Balaban J connectivity index is 0.000000177. The minimum absolute atomic E-state index is 0. The molecule has 0 aliphatic carbocycles. The van der Waals surface area contributed by atoms with Crippen molar-refractivity contribution in [2.45, 2.75) is 157 Å². The summed E-state index contributed by atoms with van der Waals surface area (Å²) in [6.45, 7) is 40.7. The fourth-order valence-corrected chi connectivity index (χ4v) is 19.1. The molecule has 22 aromatic rings. The van der Waals surface area contributed by atoms with Gasteiger partial charge >= 0.3 is 21.1 Å². The topological polar surface area (TPSA) is 127 Å². The Hall–Kier alpha value is -15.6. The predicted octanol–water partition coefficient (Wildman–Crippen LogP) is 33.3. The molecule has 0 saturated carbocycles. The molecule has 6 heterocycles. The first kappa shape index (κ1) is 94.0. The van der Waals surface area contributed by atoms with E-state index in [1.54, 1.807) is 0 Å². The molecule has 702 valence electrons. The third-order valence-electron chi connectivity index (χ3n) is 27.4. The molecule has 0 unspecified atom stereocenters. The molecule has 6 aromatic heterocycles. The quantitative estimate of drug-likeness (QED) is 0.0728. The summed E-state index contributed by atoms with van der Waals surface area (Å²) >= 11 is 0. The van der Waals surface area contributed by atoms with Gasteiger partial charge in [-0.05, 0) is 282 Å². The van der Waals surface area contributed by atoms with E-state index in [1.807, 2.05) is 72.8 Å². The second-order valence-electron chi connectivity index (χ2n) is 43.4. The molecule has 0 fully saturated rings. The Morgan fingerprint density at radius 2 is 0.500 bits per heavy atom. The third-order valence-corrected chi connectivity index (χ3v) is 27.4. The number of imidazole rings is 2. The number of anilines is 3. The molecule has 14 heteroatoms. The fraction of sp³-hybridized carbons (Fsp3) is 0.188. The van der Waals surface area contributed by atoms with Gasteiger partial charge in [0, 0.05) is 83.6 Å². The van der Waals surface area contributed by atoms with Gasteiger partial charge in [0.25, 0.3) is 0 Å². The van der Waals surface area contributed by atoms with Crippen molar-refractivity contribution in [3.05, 3.63) is 409 Å². The monoisotopic (exact) mass is 2030 g/mol. The van der Waals surface area contributed by atoms with Gasteiger partial charge in [0.15, 0.2) is 0 Å². The summed E-state index contributed by atoms with van der Waals surface area (Å²) in [5.74, 6) is 6.07. The van der Waals surface area contributed by atoms with Crippen LogP contribution in [0.15, 0.2) is 367 Å². The number of hydrogen-bond donors (Lipinski definition) is 0. The maximum Gasteiger partial charge on any atom is 2.00 e. The molecule has 0 amide bonds. The Kier molecular flexibility index (Phi) is 24.2. The smallest absolute Gasteiger partial charge is 0.416 e. The number of nitrogens with zero attached hydrogens (tertiary/aromatic N) is 11. The van der Waals surface area contributed by atoms with E-state index < -0.39 is 0 Å². The van der Waals surface area contributed by atoms with Crippen molar-refractivity contribution in [2.75, 3.05) is 4.90 Å². The average molecular weight is 2030 g/mol. The van der Waals surface area contributed by atoms with Crippen molar-refractivity contribution >= 4 is 82.7 Å². The van der Waals surface area contributed by atoms with Gasteiger partial charge in [0.1, 0.15) is 0 Å². The molecule has 0 atom stereocenters. The van der Waals surface area contributed by atoms with Crippen molar-refractivity contribution in [1.29, 1.82) is 0 Å². The molecule has 0 bridgehead atoms. The van der Waals surface area contributed by atoms with Crippen LogP contribution in [0.25, 0.3) is 179 Å². The Bertz CT molecular complexity index is 7900. The summed E-state index contributed by atoms with van der Waals surface area (Å²) in [7, 11) is 0. The van der Waals surface area contributed by atoms with E-state index in [4.69, 9.17) is 25.2 Å². The summed E-state index contributed by atoms with van der Waals surface area (Å²) in [5.41, 5.74) is 34.3. The average Bonchev–Trinajstić information content (AvgIpc) is 1.58. The van der Waals surface area contributed by atoms with Crippen LogP contribution < -0.4 is 4.90 Å². The van der Waals surface area contributed by atoms with E-state index in [9.17, 15) is 0 Å². The Labute approximate surface area is 846 Å². The minimum Gasteiger partial charge on any atom is -0.416 e. The summed E-state index contributed by atoms with van der Waals surface area (Å²) in [6, 6.07) is 131. The number of para-hydroxylation sites is 4. The summed E-state index contributed by atoms with van der Waals surface area (Å²) in [6.07, 6.45) is 7.62. The predicted molar refractivity (Wildman–Crippen MR) is 582 cm³/mol. The van der Waals surface area contributed by atoms with Crippen molar-refractivity contribution in [1.82, 2.24) is 48.6 Å². The molecular weight excluding hydrogens is 1920 g/mol. The normalized spacial score (nSPS) is 12.2. The first-order chi connectivity index (χ1) is 67.6. The van der Waals surface area contributed by atoms with Crippen LogP contribution in [-0.4, -0.2) is 48.6 Å². The zero-order valence-corrected chi connectivity index (χ0v) is 85.9. The molecule has 22 rings (SSSR count). The van der Waals surface area contributed by atoms with Crippen LogP contribution in [-0.2, 0) is 53.6 Å². The zero-order chi connectivity index (χ0) is 97.9. The molecule has 142 heavy (non-hydrogen) atoms. The standard InChI is InChI=1S/C72H67N6.C56H46N5O2.Pt/c1-69(2,3)47-24-36-61-55(41-47)56-42-48(70(4,5)6)25-37-62(56)75(61)51-28-32-53(33-29-51)77-65-22-15-13-20-59(65)73-67(77)45-18-17-19-46(40-45)68-74-60-21-14-16-23-66(60)78(68)54-34-30-52(31-35-54)76-63-38-26-49(71(7,8)9)43-57(63)58-44-50(72(10,11)12)27-39-64(58)76;1-8-37-9-31-48(32-10-37)61(49-33-23-40(24-34-49)38-11-15-42(16-12-38)51-57-59-53(62-51)44-19-27-46(28-20-44)55(2,3)4)50-35-25-41(26-36-50)39-13-17-43(18-14-39)52-58-60-54(63-52)45-21-29-47(30-22-45)56(5,6)7;/h13-39,41-44H,1-12H3;9-36H,2-7H3;/q2*-1;+2. The van der Waals surface area contributed by atoms with E-state index in [1.165, 1.54) is 77.0 Å². The number of hydrogen-bond acceptors (Lipinski definition) is 9. The molecule has 0 aliphatic heterocycles. The number of benzene rings is 16. The van der Waals surface area contributed by atoms with Gasteiger partial charge < -0.3 is 38.4 Å². The number of aromatic nitrogens is 10. The van der Waals surface area contributed by atoms with Gasteiger partial charge in [-0.3, -0.25) is 15.9 Å². The van der Waals surface area contributed by atoms with Crippen LogP contribution in [0.5, 0.6) is 0 Å². The largest absolute Gasteiger partial charge is 2.00 e. The van der Waals surface area contributed by atoms with Crippen LogP contribution in [0.1, 0.15) is 164 Å². The van der Waals surface area contributed by atoms with E-state index in [0.29, 0.717) is 29.1 Å². The van der Waals surface area contributed by atoms with Crippen molar-refractivity contribution < 1.29 is 29.9 Å². The molecule has 13 nitrogen and oxygen atoms in total. The Morgan fingerprint density at radius 1 is 0.254 bits per heavy atom.